The first-order valence-corrected chi connectivity index (χ1v) is 9.84. The summed E-state index contributed by atoms with van der Waals surface area (Å²) < 4.78 is 0. The molecule has 1 saturated heterocycles. The van der Waals surface area contributed by atoms with Crippen LogP contribution in [0.4, 0.5) is 17.2 Å². The van der Waals surface area contributed by atoms with E-state index in [-0.39, 0.29) is 5.91 Å². The van der Waals surface area contributed by atoms with Crippen molar-refractivity contribution in [2.45, 2.75) is 33.6 Å². The van der Waals surface area contributed by atoms with Gasteiger partial charge in [-0.1, -0.05) is 6.92 Å². The van der Waals surface area contributed by atoms with Crippen LogP contribution in [0.1, 0.15) is 44.1 Å². The fourth-order valence-corrected chi connectivity index (χ4v) is 3.54. The first-order chi connectivity index (χ1) is 13.1. The highest BCUT2D eigenvalue weighted by atomic mass is 16.1. The van der Waals surface area contributed by atoms with E-state index in [1.807, 2.05) is 24.3 Å². The van der Waals surface area contributed by atoms with Crippen molar-refractivity contribution >= 4 is 23.1 Å². The minimum absolute atomic E-state index is 0.239. The van der Waals surface area contributed by atoms with Gasteiger partial charge < -0.3 is 15.1 Å². The van der Waals surface area contributed by atoms with Crippen molar-refractivity contribution < 1.29 is 4.79 Å². The largest absolute Gasteiger partial charge is 0.372 e. The molecule has 0 aliphatic carbocycles. The number of nitrogens with one attached hydrogen (secondary N) is 1. The van der Waals surface area contributed by atoms with Crippen LogP contribution in [0.3, 0.4) is 0 Å². The summed E-state index contributed by atoms with van der Waals surface area (Å²) in [7, 11) is 0. The lowest BCUT2D eigenvalue weighted by atomic mass is 10.0. The minimum atomic E-state index is -0.239. The summed E-state index contributed by atoms with van der Waals surface area (Å²) in [6.07, 6.45) is 5.71. The molecule has 1 atom stereocenters. The fraction of sp³-hybridized carbons (Fsp3) is 0.476. The molecule has 6 nitrogen and oxygen atoms in total. The number of hydrogen-bond donors (Lipinski definition) is 1. The number of anilines is 3. The maximum atomic E-state index is 12.4. The van der Waals surface area contributed by atoms with Gasteiger partial charge in [0.1, 0.15) is 11.5 Å². The molecule has 0 saturated carbocycles. The number of nitrogens with zero attached hydrogens (tertiary/aromatic N) is 4. The van der Waals surface area contributed by atoms with Gasteiger partial charge in [-0.3, -0.25) is 4.79 Å². The molecule has 1 fully saturated rings. The van der Waals surface area contributed by atoms with E-state index in [2.05, 4.69) is 45.9 Å². The Kier molecular flexibility index (Phi) is 6.27. The van der Waals surface area contributed by atoms with E-state index >= 15 is 0 Å². The SMILES string of the molecule is CCN(CC)c1ccc(NC(=O)c2cnc(N3CCCC(C)C3)cn2)cc1. The van der Waals surface area contributed by atoms with Crippen LogP contribution < -0.4 is 15.1 Å². The minimum Gasteiger partial charge on any atom is -0.372 e. The van der Waals surface area contributed by atoms with Crippen molar-refractivity contribution in [1.82, 2.24) is 9.97 Å². The molecule has 3 rings (SSSR count). The zero-order valence-corrected chi connectivity index (χ0v) is 16.5. The number of rotatable bonds is 6. The average molecular weight is 367 g/mol. The van der Waals surface area contributed by atoms with Crippen molar-refractivity contribution in [3.05, 3.63) is 42.4 Å². The molecule has 1 aliphatic heterocycles. The molecule has 2 heterocycles. The molecule has 1 N–H and O–H groups in total. The lowest BCUT2D eigenvalue weighted by Gasteiger charge is -2.31. The third-order valence-electron chi connectivity index (χ3n) is 5.11. The molecule has 6 heteroatoms. The Morgan fingerprint density at radius 2 is 1.93 bits per heavy atom. The fourth-order valence-electron chi connectivity index (χ4n) is 3.54. The summed E-state index contributed by atoms with van der Waals surface area (Å²) in [4.78, 5) is 25.7. The Hall–Kier alpha value is -2.63. The van der Waals surface area contributed by atoms with Crippen LogP contribution in [-0.4, -0.2) is 42.1 Å². The standard InChI is InChI=1S/C21H29N5O/c1-4-25(5-2)18-10-8-17(9-11-18)24-21(27)19-13-23-20(14-22-19)26-12-6-7-16(3)15-26/h8-11,13-14,16H,4-7,12,15H2,1-3H3,(H,24,27). The van der Waals surface area contributed by atoms with E-state index in [9.17, 15) is 4.79 Å². The number of carbonyl (C=O) groups is 1. The molecule has 0 spiro atoms. The molecule has 1 amide bonds. The number of aromatic nitrogens is 2. The summed E-state index contributed by atoms with van der Waals surface area (Å²) >= 11 is 0. The van der Waals surface area contributed by atoms with Crippen LogP contribution in [0.5, 0.6) is 0 Å². The van der Waals surface area contributed by atoms with E-state index in [0.717, 1.165) is 43.4 Å². The zero-order chi connectivity index (χ0) is 19.2. The molecule has 0 radical (unpaired) electrons. The van der Waals surface area contributed by atoms with Crippen molar-refractivity contribution in [3.8, 4) is 0 Å². The van der Waals surface area contributed by atoms with Gasteiger partial charge in [-0.15, -0.1) is 0 Å². The van der Waals surface area contributed by atoms with Crippen LogP contribution in [0.2, 0.25) is 0 Å². The van der Waals surface area contributed by atoms with Crippen molar-refractivity contribution in [1.29, 1.82) is 0 Å². The molecule has 27 heavy (non-hydrogen) atoms. The summed E-state index contributed by atoms with van der Waals surface area (Å²) in [6.45, 7) is 10.4. The Morgan fingerprint density at radius 3 is 2.52 bits per heavy atom. The van der Waals surface area contributed by atoms with Gasteiger partial charge in [0.25, 0.3) is 5.91 Å². The van der Waals surface area contributed by atoms with E-state index in [4.69, 9.17) is 0 Å². The van der Waals surface area contributed by atoms with Crippen molar-refractivity contribution in [3.63, 3.8) is 0 Å². The van der Waals surface area contributed by atoms with Gasteiger partial charge in [0.2, 0.25) is 0 Å². The van der Waals surface area contributed by atoms with Crippen LogP contribution in [-0.2, 0) is 0 Å². The van der Waals surface area contributed by atoms with E-state index in [1.54, 1.807) is 12.4 Å². The second-order valence-electron chi connectivity index (χ2n) is 7.13. The Balaban J connectivity index is 1.62. The molecule has 1 aromatic heterocycles. The topological polar surface area (TPSA) is 61.4 Å². The first-order valence-electron chi connectivity index (χ1n) is 9.84. The van der Waals surface area contributed by atoms with Gasteiger partial charge >= 0.3 is 0 Å². The van der Waals surface area contributed by atoms with Gasteiger partial charge in [0.15, 0.2) is 0 Å². The number of amides is 1. The first kappa shape index (κ1) is 19.1. The van der Waals surface area contributed by atoms with Gasteiger partial charge in [-0.05, 0) is 56.9 Å². The predicted molar refractivity (Wildman–Crippen MR) is 111 cm³/mol. The smallest absolute Gasteiger partial charge is 0.275 e. The number of hydrogen-bond acceptors (Lipinski definition) is 5. The van der Waals surface area contributed by atoms with Crippen LogP contribution >= 0.6 is 0 Å². The number of piperidine rings is 1. The highest BCUT2D eigenvalue weighted by Gasteiger charge is 2.18. The quantitative estimate of drug-likeness (QED) is 0.841. The summed E-state index contributed by atoms with van der Waals surface area (Å²) in [5, 5.41) is 2.89. The third-order valence-corrected chi connectivity index (χ3v) is 5.11. The maximum absolute atomic E-state index is 12.4. The second-order valence-corrected chi connectivity index (χ2v) is 7.13. The second kappa shape index (κ2) is 8.84. The molecule has 1 aromatic carbocycles. The van der Waals surface area contributed by atoms with E-state index in [0.29, 0.717) is 11.6 Å². The molecule has 1 unspecified atom stereocenters. The lowest BCUT2D eigenvalue weighted by molar-refractivity contribution is 0.102. The molecule has 0 bridgehead atoms. The molecule has 1 aliphatic rings. The Labute approximate surface area is 161 Å². The summed E-state index contributed by atoms with van der Waals surface area (Å²) in [6, 6.07) is 7.88. The van der Waals surface area contributed by atoms with E-state index in [1.165, 1.54) is 12.8 Å². The number of carbonyl (C=O) groups excluding carboxylic acids is 1. The number of benzene rings is 1. The molecule has 2 aromatic rings. The average Bonchev–Trinajstić information content (AvgIpc) is 2.70. The summed E-state index contributed by atoms with van der Waals surface area (Å²) in [5.41, 5.74) is 2.24. The molecular weight excluding hydrogens is 338 g/mol. The molecule has 144 valence electrons. The van der Waals surface area contributed by atoms with Crippen LogP contribution in [0.15, 0.2) is 36.7 Å². The normalized spacial score (nSPS) is 16.9. The third kappa shape index (κ3) is 4.76. The van der Waals surface area contributed by atoms with Crippen molar-refractivity contribution in [2.75, 3.05) is 41.3 Å². The van der Waals surface area contributed by atoms with Gasteiger partial charge in [-0.2, -0.15) is 0 Å². The monoisotopic (exact) mass is 367 g/mol. The Morgan fingerprint density at radius 1 is 1.19 bits per heavy atom. The predicted octanol–water partition coefficient (Wildman–Crippen LogP) is 3.81. The van der Waals surface area contributed by atoms with Crippen LogP contribution in [0.25, 0.3) is 0 Å². The van der Waals surface area contributed by atoms with Crippen molar-refractivity contribution in [2.24, 2.45) is 5.92 Å². The van der Waals surface area contributed by atoms with Gasteiger partial charge in [0.05, 0.1) is 12.4 Å². The summed E-state index contributed by atoms with van der Waals surface area (Å²) in [5.74, 6) is 1.28. The zero-order valence-electron chi connectivity index (χ0n) is 16.5. The lowest BCUT2D eigenvalue weighted by Crippen LogP contribution is -2.35. The Bertz CT molecular complexity index is 740. The highest BCUT2D eigenvalue weighted by molar-refractivity contribution is 6.02. The van der Waals surface area contributed by atoms with E-state index < -0.39 is 0 Å². The van der Waals surface area contributed by atoms with Crippen LogP contribution in [0, 0.1) is 5.92 Å². The molecular formula is C21H29N5O. The van der Waals surface area contributed by atoms with Gasteiger partial charge in [-0.25, -0.2) is 9.97 Å². The van der Waals surface area contributed by atoms with Gasteiger partial charge in [0, 0.05) is 37.6 Å². The highest BCUT2D eigenvalue weighted by Crippen LogP contribution is 2.21. The maximum Gasteiger partial charge on any atom is 0.275 e.